The number of hydrogen-bond donors (Lipinski definition) is 1. The van der Waals surface area contributed by atoms with Gasteiger partial charge in [-0.1, -0.05) is 35.0 Å². The van der Waals surface area contributed by atoms with E-state index in [1.165, 1.54) is 7.11 Å². The van der Waals surface area contributed by atoms with E-state index in [1.54, 1.807) is 24.4 Å². The van der Waals surface area contributed by atoms with Crippen LogP contribution in [0.5, 0.6) is 0 Å². The fourth-order valence-electron chi connectivity index (χ4n) is 3.75. The molecule has 0 atom stereocenters. The number of carbonyl (C=O) groups is 1. The highest BCUT2D eigenvalue weighted by Crippen LogP contribution is 2.43. The second-order valence-corrected chi connectivity index (χ2v) is 7.76. The second-order valence-electron chi connectivity index (χ2n) is 7.35. The zero-order valence-electron chi connectivity index (χ0n) is 15.8. The lowest BCUT2D eigenvalue weighted by molar-refractivity contribution is -0.0548. The van der Waals surface area contributed by atoms with E-state index in [2.05, 4.69) is 10.3 Å². The number of hydrogen-bond acceptors (Lipinski definition) is 6. The molecule has 1 aromatic carbocycles. The Morgan fingerprint density at radius 3 is 2.71 bits per heavy atom. The van der Waals surface area contributed by atoms with Crippen molar-refractivity contribution in [1.29, 1.82) is 0 Å². The van der Waals surface area contributed by atoms with Gasteiger partial charge in [-0.25, -0.2) is 4.79 Å². The second kappa shape index (κ2) is 6.76. The van der Waals surface area contributed by atoms with Crippen LogP contribution in [-0.4, -0.2) is 38.7 Å². The Bertz CT molecular complexity index is 1050. The smallest absolute Gasteiger partial charge is 0.344 e. The number of ether oxygens (including phenoxy) is 1. The van der Waals surface area contributed by atoms with Crippen molar-refractivity contribution in [3.63, 3.8) is 0 Å². The standard InChI is InChI=1S/C20H20ClN3O4/c1-11-14(10-22-24(11)12-8-20(2,26)9-12)18-16(19(25)27-3)17(23-28-18)13-6-4-5-7-15(13)21/h4-7,10,12,26H,8-9H2,1-3H3/t12-,20+. The minimum absolute atomic E-state index is 0.108. The van der Waals surface area contributed by atoms with E-state index in [1.807, 2.05) is 24.6 Å². The summed E-state index contributed by atoms with van der Waals surface area (Å²) in [4.78, 5) is 12.6. The average molecular weight is 402 g/mol. The molecule has 0 saturated heterocycles. The molecule has 1 saturated carbocycles. The largest absolute Gasteiger partial charge is 0.465 e. The number of esters is 1. The number of aromatic nitrogens is 3. The average Bonchev–Trinajstić information content (AvgIpc) is 3.22. The first-order chi connectivity index (χ1) is 13.3. The van der Waals surface area contributed by atoms with Crippen molar-refractivity contribution in [3.05, 3.63) is 46.7 Å². The molecule has 0 aliphatic heterocycles. The van der Waals surface area contributed by atoms with Gasteiger partial charge in [-0.3, -0.25) is 4.68 Å². The fourth-order valence-corrected chi connectivity index (χ4v) is 3.97. The summed E-state index contributed by atoms with van der Waals surface area (Å²) in [5, 5.41) is 19.0. The number of halogens is 1. The molecular formula is C20H20ClN3O4. The molecule has 8 heteroatoms. The van der Waals surface area contributed by atoms with E-state index in [9.17, 15) is 9.90 Å². The molecule has 4 rings (SSSR count). The van der Waals surface area contributed by atoms with Crippen molar-refractivity contribution >= 4 is 17.6 Å². The SMILES string of the molecule is COC(=O)c1c(-c2ccccc2Cl)noc1-c1cnn([C@H]2C[C@@](C)(O)C2)c1C. The zero-order valence-corrected chi connectivity index (χ0v) is 16.5. The Balaban J connectivity index is 1.80. The molecule has 7 nitrogen and oxygen atoms in total. The number of rotatable bonds is 4. The molecule has 146 valence electrons. The van der Waals surface area contributed by atoms with Crippen LogP contribution < -0.4 is 0 Å². The summed E-state index contributed by atoms with van der Waals surface area (Å²) in [7, 11) is 1.31. The summed E-state index contributed by atoms with van der Waals surface area (Å²) in [5.74, 6) is -0.276. The van der Waals surface area contributed by atoms with Crippen LogP contribution in [-0.2, 0) is 4.74 Å². The van der Waals surface area contributed by atoms with Gasteiger partial charge < -0.3 is 14.4 Å². The first-order valence-electron chi connectivity index (χ1n) is 8.92. The molecule has 1 fully saturated rings. The molecule has 0 unspecified atom stereocenters. The van der Waals surface area contributed by atoms with Gasteiger partial charge in [0.15, 0.2) is 5.76 Å². The van der Waals surface area contributed by atoms with Gasteiger partial charge in [-0.2, -0.15) is 5.10 Å². The quantitative estimate of drug-likeness (QED) is 0.663. The van der Waals surface area contributed by atoms with Crippen LogP contribution in [0.3, 0.4) is 0 Å². The van der Waals surface area contributed by atoms with Gasteiger partial charge >= 0.3 is 5.97 Å². The molecule has 0 spiro atoms. The predicted octanol–water partition coefficient (Wildman–Crippen LogP) is 4.04. The summed E-state index contributed by atoms with van der Waals surface area (Å²) < 4.78 is 12.4. The predicted molar refractivity (Wildman–Crippen MR) is 103 cm³/mol. The van der Waals surface area contributed by atoms with Crippen LogP contribution in [0.2, 0.25) is 5.02 Å². The molecule has 0 radical (unpaired) electrons. The van der Waals surface area contributed by atoms with Gasteiger partial charge in [0.05, 0.1) is 35.5 Å². The minimum atomic E-state index is -0.663. The summed E-state index contributed by atoms with van der Waals surface area (Å²) in [6.45, 7) is 3.71. The first-order valence-corrected chi connectivity index (χ1v) is 9.30. The van der Waals surface area contributed by atoms with Gasteiger partial charge in [0, 0.05) is 11.3 Å². The number of aliphatic hydroxyl groups is 1. The molecular weight excluding hydrogens is 382 g/mol. The lowest BCUT2D eigenvalue weighted by Gasteiger charge is -2.41. The van der Waals surface area contributed by atoms with Crippen LogP contribution in [0.4, 0.5) is 0 Å². The van der Waals surface area contributed by atoms with Gasteiger partial charge in [0.2, 0.25) is 0 Å². The van der Waals surface area contributed by atoms with E-state index in [-0.39, 0.29) is 17.4 Å². The highest BCUT2D eigenvalue weighted by Gasteiger charge is 2.41. The monoisotopic (exact) mass is 401 g/mol. The number of methoxy groups -OCH3 is 1. The van der Waals surface area contributed by atoms with E-state index < -0.39 is 11.6 Å². The number of carbonyl (C=O) groups excluding carboxylic acids is 1. The van der Waals surface area contributed by atoms with Crippen LogP contribution in [0, 0.1) is 6.92 Å². The van der Waals surface area contributed by atoms with Crippen molar-refractivity contribution in [2.24, 2.45) is 0 Å². The molecule has 2 aromatic heterocycles. The third-order valence-electron chi connectivity index (χ3n) is 5.20. The summed E-state index contributed by atoms with van der Waals surface area (Å²) in [6, 6.07) is 7.20. The third kappa shape index (κ3) is 3.00. The van der Waals surface area contributed by atoms with Crippen molar-refractivity contribution in [1.82, 2.24) is 14.9 Å². The van der Waals surface area contributed by atoms with Gasteiger partial charge in [-0.05, 0) is 32.8 Å². The summed E-state index contributed by atoms with van der Waals surface area (Å²) >= 11 is 6.29. The molecule has 1 aliphatic rings. The molecule has 2 heterocycles. The van der Waals surface area contributed by atoms with E-state index >= 15 is 0 Å². The van der Waals surface area contributed by atoms with E-state index in [0.29, 0.717) is 34.7 Å². The molecule has 1 N–H and O–H groups in total. The topological polar surface area (TPSA) is 90.4 Å². The van der Waals surface area contributed by atoms with Gasteiger partial charge in [-0.15, -0.1) is 0 Å². The Morgan fingerprint density at radius 1 is 1.36 bits per heavy atom. The molecule has 3 aromatic rings. The van der Waals surface area contributed by atoms with Crippen LogP contribution in [0.1, 0.15) is 41.9 Å². The maximum atomic E-state index is 12.6. The molecule has 0 bridgehead atoms. The van der Waals surface area contributed by atoms with Crippen molar-refractivity contribution in [3.8, 4) is 22.6 Å². The first kappa shape index (κ1) is 18.7. The summed E-state index contributed by atoms with van der Waals surface area (Å²) in [5.41, 5.74) is 1.93. The highest BCUT2D eigenvalue weighted by molar-refractivity contribution is 6.33. The van der Waals surface area contributed by atoms with Crippen molar-refractivity contribution in [2.75, 3.05) is 7.11 Å². The number of nitrogens with zero attached hydrogens (tertiary/aromatic N) is 3. The lowest BCUT2D eigenvalue weighted by atomic mass is 9.77. The molecule has 28 heavy (non-hydrogen) atoms. The van der Waals surface area contributed by atoms with E-state index in [0.717, 1.165) is 5.69 Å². The van der Waals surface area contributed by atoms with Crippen LogP contribution in [0.15, 0.2) is 35.0 Å². The maximum Gasteiger partial charge on any atom is 0.344 e. The van der Waals surface area contributed by atoms with E-state index in [4.69, 9.17) is 20.9 Å². The van der Waals surface area contributed by atoms with Gasteiger partial charge in [0.25, 0.3) is 0 Å². The minimum Gasteiger partial charge on any atom is -0.465 e. The Morgan fingerprint density at radius 2 is 2.07 bits per heavy atom. The molecule has 1 aliphatic carbocycles. The zero-order chi connectivity index (χ0) is 20.1. The fraction of sp³-hybridized carbons (Fsp3) is 0.350. The Hall–Kier alpha value is -2.64. The Labute approximate surface area is 166 Å². The molecule has 0 amide bonds. The number of benzene rings is 1. The third-order valence-corrected chi connectivity index (χ3v) is 5.53. The highest BCUT2D eigenvalue weighted by atomic mass is 35.5. The van der Waals surface area contributed by atoms with Gasteiger partial charge in [0.1, 0.15) is 11.3 Å². The van der Waals surface area contributed by atoms with Crippen molar-refractivity contribution < 1.29 is 19.2 Å². The van der Waals surface area contributed by atoms with Crippen molar-refractivity contribution in [2.45, 2.75) is 38.3 Å². The lowest BCUT2D eigenvalue weighted by Crippen LogP contribution is -2.42. The maximum absolute atomic E-state index is 12.6. The van der Waals surface area contributed by atoms with Crippen LogP contribution >= 0.6 is 11.6 Å². The normalized spacial score (nSPS) is 21.4. The van der Waals surface area contributed by atoms with Crippen LogP contribution in [0.25, 0.3) is 22.6 Å². The Kier molecular flexibility index (Phi) is 4.51. The summed E-state index contributed by atoms with van der Waals surface area (Å²) in [6.07, 6.45) is 2.89.